The monoisotopic (exact) mass is 435 g/mol. The first-order valence-electron chi connectivity index (χ1n) is 8.55. The van der Waals surface area contributed by atoms with Crippen LogP contribution >= 0.6 is 35.0 Å². The molecule has 1 fully saturated rings. The number of amides is 3. The van der Waals surface area contributed by atoms with E-state index in [0.29, 0.717) is 28.6 Å². The molecular weight excluding hydrogens is 421 g/mol. The average molecular weight is 436 g/mol. The number of fused-ring (bicyclic) bond motifs is 3. The van der Waals surface area contributed by atoms with Crippen LogP contribution in [0.3, 0.4) is 0 Å². The normalized spacial score (nSPS) is 19.9. The summed E-state index contributed by atoms with van der Waals surface area (Å²) in [6.45, 7) is -0.248. The van der Waals surface area contributed by atoms with Crippen LogP contribution in [0, 0.1) is 0 Å². The van der Waals surface area contributed by atoms with Gasteiger partial charge in [0.05, 0.1) is 22.9 Å². The van der Waals surface area contributed by atoms with Gasteiger partial charge in [-0.15, -0.1) is 0 Å². The highest BCUT2D eigenvalue weighted by atomic mass is 35.5. The van der Waals surface area contributed by atoms with Gasteiger partial charge in [-0.25, -0.2) is 0 Å². The SMILES string of the molecule is O=C(CNC(=O)C12CCC(=O)N1c1ccccc1S2)Nc1cc(Cl)ccc1Cl. The maximum absolute atomic E-state index is 13.0. The smallest absolute Gasteiger partial charge is 0.257 e. The first-order valence-corrected chi connectivity index (χ1v) is 10.1. The van der Waals surface area contributed by atoms with E-state index in [1.165, 1.54) is 17.8 Å². The van der Waals surface area contributed by atoms with Crippen LogP contribution in [0.5, 0.6) is 0 Å². The maximum atomic E-state index is 13.0. The summed E-state index contributed by atoms with van der Waals surface area (Å²) >= 11 is 13.3. The molecule has 0 bridgehead atoms. The zero-order valence-electron chi connectivity index (χ0n) is 14.5. The number of anilines is 2. The van der Waals surface area contributed by atoms with E-state index in [4.69, 9.17) is 23.2 Å². The van der Waals surface area contributed by atoms with Crippen LogP contribution in [0.4, 0.5) is 11.4 Å². The number of nitrogens with zero attached hydrogens (tertiary/aromatic N) is 1. The number of para-hydroxylation sites is 1. The van der Waals surface area contributed by atoms with Gasteiger partial charge < -0.3 is 10.6 Å². The average Bonchev–Trinajstić information content (AvgIpc) is 3.18. The zero-order chi connectivity index (χ0) is 19.9. The Hall–Kier alpha value is -2.22. The van der Waals surface area contributed by atoms with Gasteiger partial charge in [-0.3, -0.25) is 19.3 Å². The molecule has 1 unspecified atom stereocenters. The van der Waals surface area contributed by atoms with Crippen molar-refractivity contribution in [2.75, 3.05) is 16.8 Å². The van der Waals surface area contributed by atoms with Crippen LogP contribution in [0.1, 0.15) is 12.8 Å². The van der Waals surface area contributed by atoms with Crippen molar-refractivity contribution >= 4 is 64.1 Å². The number of hydrogen-bond donors (Lipinski definition) is 2. The number of hydrogen-bond acceptors (Lipinski definition) is 4. The van der Waals surface area contributed by atoms with Gasteiger partial charge in [0.2, 0.25) is 11.8 Å². The standard InChI is InChI=1S/C19H15Cl2N3O3S/c20-11-5-6-12(21)13(9-11)23-16(25)10-22-18(27)19-8-7-17(26)24(19)14-3-1-2-4-15(14)28-19/h1-6,9H,7-8,10H2,(H,22,27)(H,23,25). The van der Waals surface area contributed by atoms with Gasteiger partial charge >= 0.3 is 0 Å². The van der Waals surface area contributed by atoms with E-state index < -0.39 is 10.8 Å². The molecule has 0 saturated carbocycles. The molecule has 28 heavy (non-hydrogen) atoms. The van der Waals surface area contributed by atoms with Gasteiger partial charge in [-0.1, -0.05) is 47.1 Å². The Balaban J connectivity index is 1.46. The highest BCUT2D eigenvalue weighted by Crippen LogP contribution is 2.55. The summed E-state index contributed by atoms with van der Waals surface area (Å²) in [5.74, 6) is -0.903. The molecule has 144 valence electrons. The first kappa shape index (κ1) is 19.1. The largest absolute Gasteiger partial charge is 0.344 e. The van der Waals surface area contributed by atoms with E-state index in [1.807, 2.05) is 24.3 Å². The van der Waals surface area contributed by atoms with Gasteiger partial charge in [0.15, 0.2) is 4.87 Å². The molecule has 1 saturated heterocycles. The van der Waals surface area contributed by atoms with E-state index in [9.17, 15) is 14.4 Å². The van der Waals surface area contributed by atoms with Crippen molar-refractivity contribution in [1.29, 1.82) is 0 Å². The number of halogens is 2. The summed E-state index contributed by atoms with van der Waals surface area (Å²) < 4.78 is 0. The van der Waals surface area contributed by atoms with E-state index in [2.05, 4.69) is 10.6 Å². The van der Waals surface area contributed by atoms with Gasteiger partial charge in [0.1, 0.15) is 0 Å². The van der Waals surface area contributed by atoms with Gasteiger partial charge in [-0.05, 0) is 36.8 Å². The minimum Gasteiger partial charge on any atom is -0.344 e. The highest BCUT2D eigenvalue weighted by molar-refractivity contribution is 8.02. The van der Waals surface area contributed by atoms with Crippen molar-refractivity contribution < 1.29 is 14.4 Å². The van der Waals surface area contributed by atoms with E-state index in [0.717, 1.165) is 10.6 Å². The van der Waals surface area contributed by atoms with Crippen LogP contribution in [-0.2, 0) is 14.4 Å². The van der Waals surface area contributed by atoms with Crippen LogP contribution in [-0.4, -0.2) is 29.1 Å². The third-order valence-corrected chi connectivity index (χ3v) is 6.68. The zero-order valence-corrected chi connectivity index (χ0v) is 16.8. The molecule has 2 N–H and O–H groups in total. The van der Waals surface area contributed by atoms with E-state index in [1.54, 1.807) is 17.0 Å². The second-order valence-electron chi connectivity index (χ2n) is 6.44. The van der Waals surface area contributed by atoms with Crippen molar-refractivity contribution in [2.45, 2.75) is 22.6 Å². The topological polar surface area (TPSA) is 78.5 Å². The Labute approximate surface area is 175 Å². The maximum Gasteiger partial charge on any atom is 0.257 e. The third kappa shape index (κ3) is 3.23. The molecule has 2 heterocycles. The molecule has 2 aromatic carbocycles. The summed E-state index contributed by atoms with van der Waals surface area (Å²) in [7, 11) is 0. The molecule has 0 spiro atoms. The Morgan fingerprint density at radius 1 is 1.18 bits per heavy atom. The summed E-state index contributed by atoms with van der Waals surface area (Å²) in [5.41, 5.74) is 1.10. The summed E-state index contributed by atoms with van der Waals surface area (Å²) in [6, 6.07) is 12.1. The molecule has 0 aliphatic carbocycles. The third-order valence-electron chi connectivity index (χ3n) is 4.64. The molecule has 6 nitrogen and oxygen atoms in total. The lowest BCUT2D eigenvalue weighted by Crippen LogP contribution is -2.53. The van der Waals surface area contributed by atoms with Crippen molar-refractivity contribution in [1.82, 2.24) is 5.32 Å². The van der Waals surface area contributed by atoms with Crippen LogP contribution in [0.25, 0.3) is 0 Å². The molecular formula is C19H15Cl2N3O3S. The molecule has 1 atom stereocenters. The minimum atomic E-state index is -1.05. The van der Waals surface area contributed by atoms with E-state index in [-0.39, 0.29) is 18.4 Å². The van der Waals surface area contributed by atoms with Crippen molar-refractivity contribution in [2.24, 2.45) is 0 Å². The second kappa shape index (κ2) is 7.31. The van der Waals surface area contributed by atoms with Gasteiger partial charge in [0.25, 0.3) is 5.91 Å². The number of benzene rings is 2. The fourth-order valence-corrected chi connectivity index (χ4v) is 5.16. The molecule has 0 aromatic heterocycles. The molecule has 0 radical (unpaired) electrons. The Kier molecular flexibility index (Phi) is 4.99. The molecule has 3 amide bonds. The molecule has 2 aromatic rings. The van der Waals surface area contributed by atoms with E-state index >= 15 is 0 Å². The lowest BCUT2D eigenvalue weighted by molar-refractivity contribution is -0.126. The van der Waals surface area contributed by atoms with Crippen LogP contribution in [0.2, 0.25) is 10.0 Å². The van der Waals surface area contributed by atoms with Crippen molar-refractivity contribution in [3.8, 4) is 0 Å². The summed E-state index contributed by atoms with van der Waals surface area (Å²) in [6.07, 6.45) is 0.678. The van der Waals surface area contributed by atoms with Gasteiger partial charge in [-0.2, -0.15) is 0 Å². The predicted octanol–water partition coefficient (Wildman–Crippen LogP) is 3.68. The molecule has 2 aliphatic heterocycles. The summed E-state index contributed by atoms with van der Waals surface area (Å²) in [5, 5.41) is 6.06. The molecule has 4 rings (SSSR count). The Morgan fingerprint density at radius 2 is 1.96 bits per heavy atom. The number of nitrogens with one attached hydrogen (secondary N) is 2. The van der Waals surface area contributed by atoms with Crippen molar-refractivity contribution in [3.63, 3.8) is 0 Å². The van der Waals surface area contributed by atoms with Gasteiger partial charge in [0, 0.05) is 16.3 Å². The summed E-state index contributed by atoms with van der Waals surface area (Å²) in [4.78, 5) is 39.0. The lowest BCUT2D eigenvalue weighted by Gasteiger charge is -2.29. The Bertz CT molecular complexity index is 1000. The fraction of sp³-hybridized carbons (Fsp3) is 0.211. The number of rotatable bonds is 4. The van der Waals surface area contributed by atoms with Crippen LogP contribution < -0.4 is 15.5 Å². The number of carbonyl (C=O) groups is 3. The lowest BCUT2D eigenvalue weighted by atomic mass is 10.2. The first-order chi connectivity index (χ1) is 13.4. The second-order valence-corrected chi connectivity index (χ2v) is 8.60. The van der Waals surface area contributed by atoms with Crippen molar-refractivity contribution in [3.05, 3.63) is 52.5 Å². The minimum absolute atomic E-state index is 0.0947. The quantitative estimate of drug-likeness (QED) is 0.767. The molecule has 9 heteroatoms. The predicted molar refractivity (Wildman–Crippen MR) is 110 cm³/mol. The number of thioether (sulfide) groups is 1. The Morgan fingerprint density at radius 3 is 2.79 bits per heavy atom. The number of carbonyl (C=O) groups excluding carboxylic acids is 3. The van der Waals surface area contributed by atoms with Crippen LogP contribution in [0.15, 0.2) is 47.4 Å². The fourth-order valence-electron chi connectivity index (χ4n) is 3.38. The molecule has 2 aliphatic rings. The highest BCUT2D eigenvalue weighted by Gasteiger charge is 2.57.